The summed E-state index contributed by atoms with van der Waals surface area (Å²) in [6.07, 6.45) is 2.09. The normalized spacial score (nSPS) is 16.3. The average molecular weight is 441 g/mol. The van der Waals surface area contributed by atoms with Gasteiger partial charge in [0, 0.05) is 23.9 Å². The highest BCUT2D eigenvalue weighted by Crippen LogP contribution is 2.19. The minimum atomic E-state index is -0.629. The summed E-state index contributed by atoms with van der Waals surface area (Å²) >= 11 is 1.69. The van der Waals surface area contributed by atoms with Crippen LogP contribution < -0.4 is 10.6 Å². The van der Waals surface area contributed by atoms with Crippen LogP contribution in [0.5, 0.6) is 0 Å². The second-order valence-electron chi connectivity index (χ2n) is 8.14. The number of H-pyrrole nitrogens is 1. The Balaban J connectivity index is 1.20. The molecule has 2 amide bonds. The first-order chi connectivity index (χ1) is 15.0. The topological polar surface area (TPSA) is 103 Å². The maximum Gasteiger partial charge on any atom is 0.273 e. The number of benzene rings is 1. The lowest BCUT2D eigenvalue weighted by atomic mass is 9.96. The minimum absolute atomic E-state index is 0.173. The number of para-hydroxylation sites is 1. The number of hydrogen-bond acceptors (Lipinski definition) is 6. The largest absolute Gasteiger partial charge is 0.354 e. The lowest BCUT2D eigenvalue weighted by Gasteiger charge is -2.31. The van der Waals surface area contributed by atoms with E-state index in [2.05, 4.69) is 36.1 Å². The summed E-state index contributed by atoms with van der Waals surface area (Å²) in [7, 11) is 0. The molecule has 9 heteroatoms. The van der Waals surface area contributed by atoms with Crippen LogP contribution >= 0.6 is 11.3 Å². The number of hydrogen-bond donors (Lipinski definition) is 3. The number of aromatic amines is 1. The zero-order valence-corrected chi connectivity index (χ0v) is 18.7. The fourth-order valence-corrected chi connectivity index (χ4v) is 4.53. The fraction of sp³-hybridized carbons (Fsp3) is 0.455. The number of carbonyl (C=O) groups is 2. The molecular formula is C22H28N6O2S. The number of nitrogens with one attached hydrogen (secondary N) is 3. The highest BCUT2D eigenvalue weighted by Gasteiger charge is 2.23. The SMILES string of the molecule is Cc1nc(CN2CCC(CNC(=O)C(C)NC(=O)c3n[nH]c4ccccc34)CC2)cs1. The molecule has 4 rings (SSSR count). The molecule has 1 atom stereocenters. The molecule has 3 heterocycles. The van der Waals surface area contributed by atoms with Crippen molar-refractivity contribution in [3.63, 3.8) is 0 Å². The first kappa shape index (κ1) is 21.5. The Morgan fingerprint density at radius 2 is 2.06 bits per heavy atom. The lowest BCUT2D eigenvalue weighted by molar-refractivity contribution is -0.122. The summed E-state index contributed by atoms with van der Waals surface area (Å²) in [4.78, 5) is 32.0. The van der Waals surface area contributed by atoms with Crippen LogP contribution in [-0.4, -0.2) is 57.6 Å². The van der Waals surface area contributed by atoms with E-state index in [0.717, 1.165) is 54.1 Å². The van der Waals surface area contributed by atoms with Gasteiger partial charge in [0.2, 0.25) is 5.91 Å². The summed E-state index contributed by atoms with van der Waals surface area (Å²) in [5.41, 5.74) is 2.24. The van der Waals surface area contributed by atoms with E-state index >= 15 is 0 Å². The van der Waals surface area contributed by atoms with Gasteiger partial charge in [-0.25, -0.2) is 4.98 Å². The van der Waals surface area contributed by atoms with Crippen molar-refractivity contribution in [1.29, 1.82) is 0 Å². The first-order valence-electron chi connectivity index (χ1n) is 10.6. The number of piperidine rings is 1. The van der Waals surface area contributed by atoms with Crippen LogP contribution in [0.3, 0.4) is 0 Å². The Labute approximate surface area is 185 Å². The Morgan fingerprint density at radius 3 is 2.81 bits per heavy atom. The predicted octanol–water partition coefficient (Wildman–Crippen LogP) is 2.47. The van der Waals surface area contributed by atoms with Gasteiger partial charge in [0.1, 0.15) is 6.04 Å². The van der Waals surface area contributed by atoms with Crippen molar-refractivity contribution in [2.24, 2.45) is 5.92 Å². The number of aromatic nitrogens is 3. The Morgan fingerprint density at radius 1 is 1.29 bits per heavy atom. The van der Waals surface area contributed by atoms with Crippen LogP contribution in [0.1, 0.15) is 41.0 Å². The molecule has 3 aromatic rings. The molecule has 1 aliphatic heterocycles. The maximum absolute atomic E-state index is 12.5. The molecule has 1 fully saturated rings. The number of aryl methyl sites for hydroxylation is 1. The smallest absolute Gasteiger partial charge is 0.273 e. The zero-order chi connectivity index (χ0) is 21.8. The summed E-state index contributed by atoms with van der Waals surface area (Å²) in [6.45, 7) is 7.28. The molecule has 0 aliphatic carbocycles. The van der Waals surface area contributed by atoms with Crippen molar-refractivity contribution in [3.8, 4) is 0 Å². The highest BCUT2D eigenvalue weighted by molar-refractivity contribution is 7.09. The monoisotopic (exact) mass is 440 g/mol. The van der Waals surface area contributed by atoms with Gasteiger partial charge in [0.15, 0.2) is 5.69 Å². The van der Waals surface area contributed by atoms with E-state index in [-0.39, 0.29) is 11.8 Å². The van der Waals surface area contributed by atoms with Gasteiger partial charge in [0.05, 0.1) is 16.2 Å². The number of rotatable bonds is 7. The van der Waals surface area contributed by atoms with Gasteiger partial charge in [-0.15, -0.1) is 11.3 Å². The Bertz CT molecular complexity index is 1050. The second-order valence-corrected chi connectivity index (χ2v) is 9.20. The van der Waals surface area contributed by atoms with Crippen LogP contribution in [-0.2, 0) is 11.3 Å². The molecule has 1 aromatic carbocycles. The van der Waals surface area contributed by atoms with Gasteiger partial charge in [-0.3, -0.25) is 19.6 Å². The summed E-state index contributed by atoms with van der Waals surface area (Å²) in [5.74, 6) is -0.0743. The van der Waals surface area contributed by atoms with Crippen molar-refractivity contribution in [1.82, 2.24) is 30.7 Å². The van der Waals surface area contributed by atoms with E-state index in [1.54, 1.807) is 18.3 Å². The van der Waals surface area contributed by atoms with E-state index in [0.29, 0.717) is 18.2 Å². The Kier molecular flexibility index (Phi) is 6.62. The van der Waals surface area contributed by atoms with Gasteiger partial charge in [0.25, 0.3) is 5.91 Å². The molecule has 0 saturated carbocycles. The zero-order valence-electron chi connectivity index (χ0n) is 17.9. The summed E-state index contributed by atoms with van der Waals surface area (Å²) in [6, 6.07) is 6.80. The molecule has 1 aliphatic rings. The van der Waals surface area contributed by atoms with Crippen LogP contribution in [0.15, 0.2) is 29.6 Å². The third-order valence-corrected chi connectivity index (χ3v) is 6.57. The molecule has 1 saturated heterocycles. The first-order valence-corrected chi connectivity index (χ1v) is 11.5. The molecule has 3 N–H and O–H groups in total. The van der Waals surface area contributed by atoms with Crippen molar-refractivity contribution in [3.05, 3.63) is 46.0 Å². The fourth-order valence-electron chi connectivity index (χ4n) is 3.92. The molecule has 0 bridgehead atoms. The number of carbonyl (C=O) groups excluding carboxylic acids is 2. The molecule has 1 unspecified atom stereocenters. The number of thiazole rings is 1. The molecule has 31 heavy (non-hydrogen) atoms. The molecule has 164 valence electrons. The molecular weight excluding hydrogens is 412 g/mol. The van der Waals surface area contributed by atoms with Crippen molar-refractivity contribution in [2.45, 2.75) is 39.3 Å². The standard InChI is InChI=1S/C22H28N6O2S/c1-14(24-22(30)20-18-5-3-4-6-19(18)26-27-20)21(29)23-11-16-7-9-28(10-8-16)12-17-13-31-15(2)25-17/h3-6,13-14,16H,7-12H2,1-2H3,(H,23,29)(H,24,30)(H,26,27). The van der Waals surface area contributed by atoms with E-state index in [1.807, 2.05) is 31.2 Å². The van der Waals surface area contributed by atoms with E-state index in [1.165, 1.54) is 0 Å². The number of amides is 2. The van der Waals surface area contributed by atoms with Gasteiger partial charge in [-0.1, -0.05) is 18.2 Å². The quantitative estimate of drug-likeness (QED) is 0.524. The Hall–Kier alpha value is -2.78. The van der Waals surface area contributed by atoms with Gasteiger partial charge in [-0.05, 0) is 51.8 Å². The third kappa shape index (κ3) is 5.29. The molecule has 8 nitrogen and oxygen atoms in total. The second kappa shape index (κ2) is 9.57. The summed E-state index contributed by atoms with van der Waals surface area (Å²) < 4.78 is 0. The highest BCUT2D eigenvalue weighted by atomic mass is 32.1. The molecule has 2 aromatic heterocycles. The summed E-state index contributed by atoms with van der Waals surface area (Å²) in [5, 5.41) is 16.7. The average Bonchev–Trinajstić information content (AvgIpc) is 3.39. The van der Waals surface area contributed by atoms with Crippen LogP contribution in [0, 0.1) is 12.8 Å². The van der Waals surface area contributed by atoms with Crippen molar-refractivity contribution in [2.75, 3.05) is 19.6 Å². The van der Waals surface area contributed by atoms with Gasteiger partial charge >= 0.3 is 0 Å². The van der Waals surface area contributed by atoms with Crippen molar-refractivity contribution < 1.29 is 9.59 Å². The van der Waals surface area contributed by atoms with Crippen LogP contribution in [0.4, 0.5) is 0 Å². The third-order valence-electron chi connectivity index (χ3n) is 5.75. The van der Waals surface area contributed by atoms with E-state index < -0.39 is 6.04 Å². The minimum Gasteiger partial charge on any atom is -0.354 e. The van der Waals surface area contributed by atoms with E-state index in [9.17, 15) is 9.59 Å². The number of fused-ring (bicyclic) bond motifs is 1. The number of nitrogens with zero attached hydrogens (tertiary/aromatic N) is 3. The van der Waals surface area contributed by atoms with Gasteiger partial charge in [-0.2, -0.15) is 5.10 Å². The van der Waals surface area contributed by atoms with Crippen molar-refractivity contribution >= 4 is 34.1 Å². The maximum atomic E-state index is 12.5. The molecule has 0 spiro atoms. The van der Waals surface area contributed by atoms with Crippen LogP contribution in [0.2, 0.25) is 0 Å². The predicted molar refractivity (Wildman–Crippen MR) is 121 cm³/mol. The molecule has 0 radical (unpaired) electrons. The van der Waals surface area contributed by atoms with Crippen LogP contribution in [0.25, 0.3) is 10.9 Å². The van der Waals surface area contributed by atoms with E-state index in [4.69, 9.17) is 0 Å². The lowest BCUT2D eigenvalue weighted by Crippen LogP contribution is -2.47. The van der Waals surface area contributed by atoms with Gasteiger partial charge < -0.3 is 10.6 Å². The number of likely N-dealkylation sites (tertiary alicyclic amines) is 1.